The minimum atomic E-state index is -4.75. The quantitative estimate of drug-likeness (QED) is 0.482. The maximum absolute atomic E-state index is 13.2. The normalized spacial score (nSPS) is 12.7. The third kappa shape index (κ3) is 4.45. The summed E-state index contributed by atoms with van der Waals surface area (Å²) >= 11 is 0. The predicted molar refractivity (Wildman–Crippen MR) is 86.7 cm³/mol. The van der Waals surface area contributed by atoms with Gasteiger partial charge in [-0.3, -0.25) is 9.00 Å². The molecule has 5 nitrogen and oxygen atoms in total. The van der Waals surface area contributed by atoms with Gasteiger partial charge in [0.25, 0.3) is 0 Å². The first-order valence-electron chi connectivity index (χ1n) is 7.42. The number of hydrogen-bond donors (Lipinski definition) is 0. The van der Waals surface area contributed by atoms with E-state index < -0.39 is 34.5 Å². The highest BCUT2D eigenvalue weighted by Crippen LogP contribution is 2.29. The molecule has 10 heteroatoms. The molecule has 3 rings (SSSR count). The van der Waals surface area contributed by atoms with Gasteiger partial charge in [0.15, 0.2) is 5.78 Å². The van der Waals surface area contributed by atoms with Crippen LogP contribution in [-0.2, 0) is 17.0 Å². The summed E-state index contributed by atoms with van der Waals surface area (Å²) < 4.78 is 66.9. The summed E-state index contributed by atoms with van der Waals surface area (Å²) in [5, 5.41) is 3.25. The second kappa shape index (κ2) is 7.39. The van der Waals surface area contributed by atoms with Crippen molar-refractivity contribution in [3.05, 3.63) is 65.8 Å². The molecule has 0 bridgehead atoms. The lowest BCUT2D eigenvalue weighted by Gasteiger charge is -2.03. The summed E-state index contributed by atoms with van der Waals surface area (Å²) in [6.45, 7) is 0. The average Bonchev–Trinajstić information content (AvgIpc) is 3.12. The molecule has 0 fully saturated rings. The second-order valence-electron chi connectivity index (χ2n) is 5.37. The molecule has 1 atom stereocenters. The van der Waals surface area contributed by atoms with Gasteiger partial charge in [0.1, 0.15) is 5.82 Å². The SMILES string of the molecule is O=C(CS(=O)c1cccc(F)c1)c1ccc(-c2noc(C(F)(F)F)n2)cc1. The molecule has 0 spiro atoms. The molecule has 1 heterocycles. The van der Waals surface area contributed by atoms with Crippen LogP contribution in [0.2, 0.25) is 0 Å². The monoisotopic (exact) mass is 398 g/mol. The Balaban J connectivity index is 1.72. The largest absolute Gasteiger partial charge is 0.471 e. The van der Waals surface area contributed by atoms with Crippen LogP contribution in [0, 0.1) is 5.82 Å². The zero-order chi connectivity index (χ0) is 19.6. The topological polar surface area (TPSA) is 73.1 Å². The molecule has 27 heavy (non-hydrogen) atoms. The van der Waals surface area contributed by atoms with Gasteiger partial charge in [0, 0.05) is 16.0 Å². The standard InChI is InChI=1S/C17H10F4N2O3S/c18-12-2-1-3-13(8-12)27(25)9-14(24)10-4-6-11(7-5-10)15-22-16(26-23-15)17(19,20)21/h1-8H,9H2. The van der Waals surface area contributed by atoms with Gasteiger partial charge in [-0.25, -0.2) is 4.39 Å². The van der Waals surface area contributed by atoms with Gasteiger partial charge in [-0.15, -0.1) is 0 Å². The van der Waals surface area contributed by atoms with Crippen molar-refractivity contribution in [3.8, 4) is 11.4 Å². The summed E-state index contributed by atoms with van der Waals surface area (Å²) in [6.07, 6.45) is -4.75. The predicted octanol–water partition coefficient (Wildman–Crippen LogP) is 3.89. The van der Waals surface area contributed by atoms with Gasteiger partial charge in [0.05, 0.1) is 16.6 Å². The van der Waals surface area contributed by atoms with Gasteiger partial charge in [-0.2, -0.15) is 18.2 Å². The van der Waals surface area contributed by atoms with Crippen molar-refractivity contribution in [3.63, 3.8) is 0 Å². The number of aromatic nitrogens is 2. The fraction of sp³-hybridized carbons (Fsp3) is 0.118. The molecule has 0 saturated carbocycles. The smallest absolute Gasteiger partial charge is 0.329 e. The fourth-order valence-electron chi connectivity index (χ4n) is 2.16. The summed E-state index contributed by atoms with van der Waals surface area (Å²) in [5.74, 6) is -3.12. The van der Waals surface area contributed by atoms with E-state index in [1.54, 1.807) is 0 Å². The third-order valence-electron chi connectivity index (χ3n) is 3.45. The first-order valence-corrected chi connectivity index (χ1v) is 8.74. The van der Waals surface area contributed by atoms with E-state index in [1.807, 2.05) is 0 Å². The van der Waals surface area contributed by atoms with E-state index in [9.17, 15) is 26.6 Å². The van der Waals surface area contributed by atoms with E-state index in [0.29, 0.717) is 0 Å². The Bertz CT molecular complexity index is 1000. The van der Waals surface area contributed by atoms with E-state index in [1.165, 1.54) is 42.5 Å². The van der Waals surface area contributed by atoms with Gasteiger partial charge in [0.2, 0.25) is 5.82 Å². The maximum atomic E-state index is 13.2. The van der Waals surface area contributed by atoms with E-state index in [4.69, 9.17) is 0 Å². The zero-order valence-electron chi connectivity index (χ0n) is 13.4. The number of carbonyl (C=O) groups excluding carboxylic acids is 1. The highest BCUT2D eigenvalue weighted by atomic mass is 32.2. The molecule has 140 valence electrons. The minimum absolute atomic E-state index is 0.187. The van der Waals surface area contributed by atoms with E-state index in [-0.39, 0.29) is 27.6 Å². The van der Waals surface area contributed by atoms with Crippen molar-refractivity contribution in [2.75, 3.05) is 5.75 Å². The third-order valence-corrected chi connectivity index (χ3v) is 4.76. The lowest BCUT2D eigenvalue weighted by Crippen LogP contribution is -2.11. The lowest BCUT2D eigenvalue weighted by molar-refractivity contribution is -0.159. The second-order valence-corrected chi connectivity index (χ2v) is 6.82. The Kier molecular flexibility index (Phi) is 5.17. The van der Waals surface area contributed by atoms with Crippen LogP contribution < -0.4 is 0 Å². The molecular formula is C17H10F4N2O3S. The molecule has 1 aromatic heterocycles. The minimum Gasteiger partial charge on any atom is -0.329 e. The van der Waals surface area contributed by atoms with Crippen molar-refractivity contribution in [1.82, 2.24) is 10.1 Å². The Morgan fingerprint density at radius 1 is 1.11 bits per heavy atom. The van der Waals surface area contributed by atoms with Crippen LogP contribution in [0.5, 0.6) is 0 Å². The number of halogens is 4. The lowest BCUT2D eigenvalue weighted by atomic mass is 10.1. The fourth-order valence-corrected chi connectivity index (χ4v) is 3.20. The van der Waals surface area contributed by atoms with Crippen LogP contribution in [0.25, 0.3) is 11.4 Å². The van der Waals surface area contributed by atoms with Crippen molar-refractivity contribution < 1.29 is 31.1 Å². The first-order chi connectivity index (χ1) is 12.7. The highest BCUT2D eigenvalue weighted by Gasteiger charge is 2.38. The number of Topliss-reactive ketones (excluding diaryl/α,β-unsaturated/α-hetero) is 1. The van der Waals surface area contributed by atoms with Gasteiger partial charge in [-0.1, -0.05) is 35.5 Å². The Labute approximate surface area is 152 Å². The summed E-state index contributed by atoms with van der Waals surface area (Å²) in [5.41, 5.74) is 0.417. The Morgan fingerprint density at radius 2 is 1.81 bits per heavy atom. The van der Waals surface area contributed by atoms with Crippen molar-refractivity contribution in [2.24, 2.45) is 0 Å². The molecule has 0 aliphatic rings. The number of benzene rings is 2. The zero-order valence-corrected chi connectivity index (χ0v) is 14.2. The van der Waals surface area contributed by atoms with Crippen LogP contribution in [0.1, 0.15) is 16.2 Å². The van der Waals surface area contributed by atoms with E-state index >= 15 is 0 Å². The van der Waals surface area contributed by atoms with Crippen LogP contribution in [-0.4, -0.2) is 25.9 Å². The number of ketones is 1. The summed E-state index contributed by atoms with van der Waals surface area (Å²) in [4.78, 5) is 15.6. The van der Waals surface area contributed by atoms with Gasteiger partial charge >= 0.3 is 12.1 Å². The van der Waals surface area contributed by atoms with Gasteiger partial charge in [-0.05, 0) is 18.2 Å². The van der Waals surface area contributed by atoms with Gasteiger partial charge < -0.3 is 4.52 Å². The Morgan fingerprint density at radius 3 is 2.41 bits per heavy atom. The molecule has 0 N–H and O–H groups in total. The van der Waals surface area contributed by atoms with Crippen LogP contribution in [0.4, 0.5) is 17.6 Å². The number of nitrogens with zero attached hydrogens (tertiary/aromatic N) is 2. The maximum Gasteiger partial charge on any atom is 0.471 e. The molecule has 0 radical (unpaired) electrons. The van der Waals surface area contributed by atoms with Crippen molar-refractivity contribution >= 4 is 16.6 Å². The number of carbonyl (C=O) groups is 1. The van der Waals surface area contributed by atoms with E-state index in [2.05, 4.69) is 14.7 Å². The summed E-state index contributed by atoms with van der Waals surface area (Å²) in [7, 11) is -1.73. The molecular weight excluding hydrogens is 388 g/mol. The molecule has 2 aromatic carbocycles. The highest BCUT2D eigenvalue weighted by molar-refractivity contribution is 7.85. The Hall–Kier alpha value is -2.88. The molecule has 0 amide bonds. The molecule has 3 aromatic rings. The van der Waals surface area contributed by atoms with E-state index in [0.717, 1.165) is 6.07 Å². The van der Waals surface area contributed by atoms with Crippen LogP contribution in [0.15, 0.2) is 57.9 Å². The molecule has 0 aliphatic heterocycles. The summed E-state index contributed by atoms with van der Waals surface area (Å²) in [6, 6.07) is 10.5. The molecule has 0 aliphatic carbocycles. The average molecular weight is 398 g/mol. The number of alkyl halides is 3. The number of hydrogen-bond acceptors (Lipinski definition) is 5. The first kappa shape index (κ1) is 18.9. The van der Waals surface area contributed by atoms with Crippen molar-refractivity contribution in [1.29, 1.82) is 0 Å². The van der Waals surface area contributed by atoms with Crippen LogP contribution in [0.3, 0.4) is 0 Å². The molecule has 1 unspecified atom stereocenters. The van der Waals surface area contributed by atoms with Crippen LogP contribution >= 0.6 is 0 Å². The van der Waals surface area contributed by atoms with Crippen molar-refractivity contribution in [2.45, 2.75) is 11.1 Å². The molecule has 0 saturated heterocycles. The number of rotatable bonds is 5.